The van der Waals surface area contributed by atoms with Gasteiger partial charge in [-0.15, -0.1) is 0 Å². The zero-order valence-electron chi connectivity index (χ0n) is 11.4. The van der Waals surface area contributed by atoms with E-state index in [1.165, 1.54) is 24.3 Å². The minimum absolute atomic E-state index is 0.181. The third kappa shape index (κ3) is 2.85. The summed E-state index contributed by atoms with van der Waals surface area (Å²) < 4.78 is 40.8. The molecule has 2 rings (SSSR count). The second-order valence-electron chi connectivity index (χ2n) is 4.63. The van der Waals surface area contributed by atoms with E-state index in [9.17, 15) is 13.2 Å². The highest BCUT2D eigenvalue weighted by Gasteiger charge is 2.21. The summed E-state index contributed by atoms with van der Waals surface area (Å²) >= 11 is 0. The van der Waals surface area contributed by atoms with Gasteiger partial charge in [0.15, 0.2) is 11.6 Å². The van der Waals surface area contributed by atoms with Gasteiger partial charge in [0.1, 0.15) is 5.82 Å². The minimum Gasteiger partial charge on any atom is -0.306 e. The van der Waals surface area contributed by atoms with Crippen LogP contribution in [0.1, 0.15) is 29.7 Å². The summed E-state index contributed by atoms with van der Waals surface area (Å²) in [5.74, 6) is -2.20. The highest BCUT2D eigenvalue weighted by atomic mass is 19.2. The van der Waals surface area contributed by atoms with Crippen LogP contribution < -0.4 is 5.32 Å². The third-order valence-electron chi connectivity index (χ3n) is 3.25. The first kappa shape index (κ1) is 14.6. The predicted octanol–water partition coefficient (Wildman–Crippen LogP) is 4.11. The van der Waals surface area contributed by atoms with Crippen LogP contribution in [0, 0.1) is 24.4 Å². The fourth-order valence-electron chi connectivity index (χ4n) is 2.26. The molecule has 20 heavy (non-hydrogen) atoms. The molecule has 0 radical (unpaired) electrons. The highest BCUT2D eigenvalue weighted by molar-refractivity contribution is 5.38. The van der Waals surface area contributed by atoms with E-state index in [0.717, 1.165) is 11.6 Å². The molecule has 0 aromatic heterocycles. The molecule has 0 aliphatic heterocycles. The van der Waals surface area contributed by atoms with Gasteiger partial charge in [0.2, 0.25) is 0 Å². The lowest BCUT2D eigenvalue weighted by Crippen LogP contribution is -2.24. The zero-order chi connectivity index (χ0) is 14.7. The van der Waals surface area contributed by atoms with Gasteiger partial charge in [-0.3, -0.25) is 0 Å². The van der Waals surface area contributed by atoms with E-state index in [-0.39, 0.29) is 5.56 Å². The van der Waals surface area contributed by atoms with Crippen LogP contribution in [0.4, 0.5) is 13.2 Å². The highest BCUT2D eigenvalue weighted by Crippen LogP contribution is 2.28. The number of halogens is 3. The first-order valence-electron chi connectivity index (χ1n) is 6.48. The van der Waals surface area contributed by atoms with Gasteiger partial charge in [0.25, 0.3) is 0 Å². The predicted molar refractivity (Wildman–Crippen MR) is 73.0 cm³/mol. The van der Waals surface area contributed by atoms with Crippen LogP contribution in [0.15, 0.2) is 36.4 Å². The van der Waals surface area contributed by atoms with E-state index >= 15 is 0 Å². The van der Waals surface area contributed by atoms with Gasteiger partial charge in [-0.05, 0) is 42.8 Å². The van der Waals surface area contributed by atoms with Gasteiger partial charge in [0, 0.05) is 5.56 Å². The maximum atomic E-state index is 14.0. The van der Waals surface area contributed by atoms with Gasteiger partial charge >= 0.3 is 0 Å². The van der Waals surface area contributed by atoms with Gasteiger partial charge in [-0.2, -0.15) is 0 Å². The Morgan fingerprint density at radius 3 is 2.50 bits per heavy atom. The lowest BCUT2D eigenvalue weighted by molar-refractivity contribution is 0.482. The number of hydrogen-bond acceptors (Lipinski definition) is 1. The van der Waals surface area contributed by atoms with Crippen molar-refractivity contribution in [2.24, 2.45) is 0 Å². The van der Waals surface area contributed by atoms with Crippen LogP contribution >= 0.6 is 0 Å². The van der Waals surface area contributed by atoms with E-state index < -0.39 is 23.5 Å². The van der Waals surface area contributed by atoms with Crippen molar-refractivity contribution in [2.75, 3.05) is 6.54 Å². The first-order chi connectivity index (χ1) is 9.54. The summed E-state index contributed by atoms with van der Waals surface area (Å²) in [6, 6.07) is 7.79. The van der Waals surface area contributed by atoms with Crippen LogP contribution in [0.25, 0.3) is 0 Å². The molecule has 1 unspecified atom stereocenters. The van der Waals surface area contributed by atoms with Crippen molar-refractivity contribution in [1.82, 2.24) is 5.32 Å². The normalized spacial score (nSPS) is 12.4. The van der Waals surface area contributed by atoms with E-state index in [1.54, 1.807) is 6.07 Å². The third-order valence-corrected chi connectivity index (χ3v) is 3.25. The maximum Gasteiger partial charge on any atom is 0.163 e. The summed E-state index contributed by atoms with van der Waals surface area (Å²) in [5, 5.41) is 3.08. The molecule has 1 atom stereocenters. The van der Waals surface area contributed by atoms with Crippen LogP contribution in [-0.2, 0) is 0 Å². The number of benzene rings is 2. The number of rotatable bonds is 4. The number of aryl methyl sites for hydroxylation is 1. The summed E-state index contributed by atoms with van der Waals surface area (Å²) in [4.78, 5) is 0. The van der Waals surface area contributed by atoms with E-state index in [0.29, 0.717) is 12.1 Å². The Labute approximate surface area is 116 Å². The molecule has 4 heteroatoms. The Balaban J connectivity index is 2.56. The zero-order valence-corrected chi connectivity index (χ0v) is 11.4. The molecular weight excluding hydrogens is 263 g/mol. The molecule has 106 valence electrons. The lowest BCUT2D eigenvalue weighted by Gasteiger charge is -2.21. The van der Waals surface area contributed by atoms with Crippen LogP contribution in [-0.4, -0.2) is 6.54 Å². The van der Waals surface area contributed by atoms with Crippen molar-refractivity contribution in [3.63, 3.8) is 0 Å². The fourth-order valence-corrected chi connectivity index (χ4v) is 2.26. The van der Waals surface area contributed by atoms with Crippen molar-refractivity contribution >= 4 is 0 Å². The Hall–Kier alpha value is -1.81. The Morgan fingerprint density at radius 2 is 1.80 bits per heavy atom. The van der Waals surface area contributed by atoms with Crippen LogP contribution in [0.5, 0.6) is 0 Å². The van der Waals surface area contributed by atoms with E-state index in [1.807, 2.05) is 13.8 Å². The molecule has 0 fully saturated rings. The van der Waals surface area contributed by atoms with Gasteiger partial charge in [-0.1, -0.05) is 25.1 Å². The van der Waals surface area contributed by atoms with Crippen LogP contribution in [0.3, 0.4) is 0 Å². The van der Waals surface area contributed by atoms with Crippen molar-refractivity contribution in [1.29, 1.82) is 0 Å². The molecule has 1 nitrogen and oxygen atoms in total. The summed E-state index contributed by atoms with van der Waals surface area (Å²) in [5.41, 5.74) is 1.61. The summed E-state index contributed by atoms with van der Waals surface area (Å²) in [7, 11) is 0. The van der Waals surface area contributed by atoms with Crippen molar-refractivity contribution in [3.8, 4) is 0 Å². The van der Waals surface area contributed by atoms with E-state index in [2.05, 4.69) is 5.32 Å². The quantitative estimate of drug-likeness (QED) is 0.888. The molecule has 2 aromatic carbocycles. The number of hydrogen-bond donors (Lipinski definition) is 1. The average molecular weight is 279 g/mol. The second-order valence-corrected chi connectivity index (χ2v) is 4.63. The summed E-state index contributed by atoms with van der Waals surface area (Å²) in [6.45, 7) is 4.23. The van der Waals surface area contributed by atoms with Gasteiger partial charge in [0.05, 0.1) is 6.04 Å². The van der Waals surface area contributed by atoms with Crippen molar-refractivity contribution < 1.29 is 13.2 Å². The lowest BCUT2D eigenvalue weighted by atomic mass is 9.94. The van der Waals surface area contributed by atoms with Gasteiger partial charge < -0.3 is 5.32 Å². The second kappa shape index (κ2) is 6.09. The molecule has 0 aliphatic carbocycles. The Kier molecular flexibility index (Phi) is 4.45. The molecule has 0 heterocycles. The van der Waals surface area contributed by atoms with Crippen LogP contribution in [0.2, 0.25) is 0 Å². The monoisotopic (exact) mass is 279 g/mol. The standard InChI is InChI=1S/C16H16F3N/c1-3-20-16(12-5-4-6-14(18)15(12)19)13-9-11(17)8-7-10(13)2/h4-9,16,20H,3H2,1-2H3. The molecular formula is C16H16F3N. The molecule has 1 N–H and O–H groups in total. The average Bonchev–Trinajstić information content (AvgIpc) is 2.43. The molecule has 0 aliphatic rings. The van der Waals surface area contributed by atoms with Crippen molar-refractivity contribution in [2.45, 2.75) is 19.9 Å². The summed E-state index contributed by atoms with van der Waals surface area (Å²) in [6.07, 6.45) is 0. The molecule has 0 saturated carbocycles. The van der Waals surface area contributed by atoms with Gasteiger partial charge in [-0.25, -0.2) is 13.2 Å². The number of nitrogens with one attached hydrogen (secondary N) is 1. The van der Waals surface area contributed by atoms with Crippen molar-refractivity contribution in [3.05, 3.63) is 70.5 Å². The molecule has 0 bridgehead atoms. The molecule has 0 spiro atoms. The van der Waals surface area contributed by atoms with E-state index in [4.69, 9.17) is 0 Å². The molecule has 0 amide bonds. The topological polar surface area (TPSA) is 12.0 Å². The smallest absolute Gasteiger partial charge is 0.163 e. The minimum atomic E-state index is -0.903. The fraction of sp³-hybridized carbons (Fsp3) is 0.250. The Bertz CT molecular complexity index is 609. The largest absolute Gasteiger partial charge is 0.306 e. The first-order valence-corrected chi connectivity index (χ1v) is 6.48. The molecule has 0 saturated heterocycles. The Morgan fingerprint density at radius 1 is 1.05 bits per heavy atom. The maximum absolute atomic E-state index is 14.0. The SMILES string of the molecule is CCNC(c1cc(F)ccc1C)c1cccc(F)c1F. The molecule has 2 aromatic rings.